The molecule has 1 fully saturated rings. The SMILES string of the molecule is O=C([O-])/C=C/C1=C(C(=O)OC(c2ccccc2)c2ccccc2)N2C(=O)/C(=C/c3ccccn3)[C@H]2S(=O)(=O)C1.[Na+]. The Bertz CT molecular complexity index is 1600. The third-order valence-corrected chi connectivity index (χ3v) is 8.10. The van der Waals surface area contributed by atoms with Crippen molar-refractivity contribution in [1.82, 2.24) is 9.88 Å². The number of carboxylic acids is 1. The average molecular weight is 565 g/mol. The van der Waals surface area contributed by atoms with E-state index in [2.05, 4.69) is 4.98 Å². The number of carbonyl (C=O) groups excluding carboxylic acids is 3. The summed E-state index contributed by atoms with van der Waals surface area (Å²) in [7, 11) is -4.04. The van der Waals surface area contributed by atoms with Gasteiger partial charge in [0.1, 0.15) is 5.70 Å². The topological polar surface area (TPSA) is 134 Å². The fourth-order valence-corrected chi connectivity index (χ4v) is 6.44. The molecular formula is C29H21N2NaO7S. The van der Waals surface area contributed by atoms with Crippen molar-refractivity contribution < 1.29 is 62.2 Å². The van der Waals surface area contributed by atoms with Gasteiger partial charge in [-0.1, -0.05) is 72.8 Å². The summed E-state index contributed by atoms with van der Waals surface area (Å²) in [6.07, 6.45) is 3.55. The first-order valence-corrected chi connectivity index (χ1v) is 13.6. The number of β-lactam (4-membered cyclic amide) rings is 1. The minimum absolute atomic E-state index is 0. The van der Waals surface area contributed by atoms with E-state index in [0.717, 1.165) is 11.0 Å². The fourth-order valence-electron chi connectivity index (χ4n) is 4.54. The zero-order valence-corrected chi connectivity index (χ0v) is 24.2. The number of esters is 1. The number of ether oxygens (including phenoxy) is 1. The first-order valence-electron chi connectivity index (χ1n) is 11.9. The number of nitrogens with zero attached hydrogens (tertiary/aromatic N) is 2. The van der Waals surface area contributed by atoms with Gasteiger partial charge < -0.3 is 14.6 Å². The number of carboxylic acid groups (broad SMARTS) is 1. The Labute approximate surface area is 252 Å². The third kappa shape index (κ3) is 5.85. The van der Waals surface area contributed by atoms with Gasteiger partial charge in [0, 0.05) is 6.20 Å². The van der Waals surface area contributed by atoms with E-state index < -0.39 is 44.9 Å². The number of aromatic nitrogens is 1. The molecule has 5 rings (SSSR count). The predicted octanol–water partition coefficient (Wildman–Crippen LogP) is -1.04. The van der Waals surface area contributed by atoms with Crippen LogP contribution in [0.15, 0.2) is 114 Å². The molecule has 2 aromatic carbocycles. The third-order valence-electron chi connectivity index (χ3n) is 6.24. The summed E-state index contributed by atoms with van der Waals surface area (Å²) in [5, 5.41) is 9.68. The number of carbonyl (C=O) groups is 3. The number of amides is 1. The maximum absolute atomic E-state index is 13.7. The van der Waals surface area contributed by atoms with Crippen LogP contribution in [0.3, 0.4) is 0 Å². The molecule has 2 aliphatic rings. The van der Waals surface area contributed by atoms with E-state index in [4.69, 9.17) is 4.74 Å². The van der Waals surface area contributed by atoms with Crippen LogP contribution in [-0.2, 0) is 29.0 Å². The van der Waals surface area contributed by atoms with Crippen molar-refractivity contribution in [3.05, 3.63) is 131 Å². The van der Waals surface area contributed by atoms with Crippen molar-refractivity contribution in [2.24, 2.45) is 0 Å². The van der Waals surface area contributed by atoms with Crippen LogP contribution >= 0.6 is 0 Å². The molecule has 2 aliphatic heterocycles. The van der Waals surface area contributed by atoms with Crippen LogP contribution in [0.4, 0.5) is 0 Å². The van der Waals surface area contributed by atoms with Gasteiger partial charge in [-0.3, -0.25) is 14.7 Å². The number of benzene rings is 2. The molecule has 0 radical (unpaired) electrons. The second-order valence-electron chi connectivity index (χ2n) is 8.82. The summed E-state index contributed by atoms with van der Waals surface area (Å²) >= 11 is 0. The zero-order valence-electron chi connectivity index (χ0n) is 21.3. The van der Waals surface area contributed by atoms with Crippen molar-refractivity contribution in [2.45, 2.75) is 11.5 Å². The first kappa shape index (κ1) is 29.2. The van der Waals surface area contributed by atoms with Crippen molar-refractivity contribution in [3.63, 3.8) is 0 Å². The molecule has 0 spiro atoms. The molecule has 0 aliphatic carbocycles. The summed E-state index contributed by atoms with van der Waals surface area (Å²) in [6.45, 7) is 0. The van der Waals surface area contributed by atoms with Gasteiger partial charge in [-0.25, -0.2) is 13.2 Å². The molecule has 0 unspecified atom stereocenters. The number of hydrogen-bond acceptors (Lipinski definition) is 8. The predicted molar refractivity (Wildman–Crippen MR) is 139 cm³/mol. The van der Waals surface area contributed by atoms with Crippen LogP contribution in [0.1, 0.15) is 22.9 Å². The smallest absolute Gasteiger partial charge is 0.545 e. The van der Waals surface area contributed by atoms with Crippen LogP contribution in [0, 0.1) is 0 Å². The number of hydrogen-bond donors (Lipinski definition) is 0. The van der Waals surface area contributed by atoms with Gasteiger partial charge in [0.2, 0.25) is 0 Å². The van der Waals surface area contributed by atoms with E-state index in [0.29, 0.717) is 22.9 Å². The number of aliphatic carboxylic acids is 1. The first-order chi connectivity index (χ1) is 18.8. The van der Waals surface area contributed by atoms with E-state index in [1.165, 1.54) is 12.3 Å². The number of sulfone groups is 1. The van der Waals surface area contributed by atoms with Crippen molar-refractivity contribution >= 4 is 33.8 Å². The summed E-state index contributed by atoms with van der Waals surface area (Å²) in [5.41, 5.74) is 1.09. The van der Waals surface area contributed by atoms with Crippen molar-refractivity contribution in [1.29, 1.82) is 0 Å². The van der Waals surface area contributed by atoms with Crippen molar-refractivity contribution in [2.75, 3.05) is 5.75 Å². The van der Waals surface area contributed by atoms with Crippen LogP contribution in [0.2, 0.25) is 0 Å². The van der Waals surface area contributed by atoms with Gasteiger partial charge in [-0.15, -0.1) is 0 Å². The van der Waals surface area contributed by atoms with Gasteiger partial charge in [0.15, 0.2) is 21.3 Å². The second kappa shape index (κ2) is 12.1. The molecule has 1 amide bonds. The number of allylic oxidation sites excluding steroid dienone is 1. The normalized spacial score (nSPS) is 18.7. The molecule has 196 valence electrons. The van der Waals surface area contributed by atoms with Gasteiger partial charge in [-0.05, 0) is 41.0 Å². The maximum atomic E-state index is 13.7. The van der Waals surface area contributed by atoms with Gasteiger partial charge in [0.25, 0.3) is 5.91 Å². The zero-order chi connectivity index (χ0) is 27.6. The van der Waals surface area contributed by atoms with Crippen LogP contribution in [0.5, 0.6) is 0 Å². The summed E-state index contributed by atoms with van der Waals surface area (Å²) in [4.78, 5) is 43.1. The van der Waals surface area contributed by atoms with Gasteiger partial charge in [0.05, 0.1) is 23.0 Å². The maximum Gasteiger partial charge on any atom is 1.00 e. The number of pyridine rings is 1. The molecule has 1 atom stereocenters. The standard InChI is InChI=1S/C29H22N2O7S.Na/c32-24(33)15-14-21-18-39(36,37)28-23(17-22-13-7-8-16-30-22)27(34)31(28)25(21)29(35)38-26(19-9-3-1-4-10-19)20-11-5-2-6-12-20;/h1-17,26,28H,18H2,(H,32,33);/q;+1/p-1/b15-14+,23-17-;/t28-;/m1./s1. The Balaban J connectivity index is 0.00000370. The summed E-state index contributed by atoms with van der Waals surface area (Å²) in [5.74, 6) is -3.98. The Kier molecular flexibility index (Phi) is 8.85. The molecule has 40 heavy (non-hydrogen) atoms. The summed E-state index contributed by atoms with van der Waals surface area (Å²) in [6, 6.07) is 22.8. The average Bonchev–Trinajstić information content (AvgIpc) is 2.94. The van der Waals surface area contributed by atoms with Crippen molar-refractivity contribution in [3.8, 4) is 0 Å². The largest absolute Gasteiger partial charge is 1.00 e. The Morgan fingerprint density at radius 1 is 0.975 bits per heavy atom. The Morgan fingerprint density at radius 3 is 2.12 bits per heavy atom. The molecule has 3 heterocycles. The molecule has 0 N–H and O–H groups in total. The van der Waals surface area contributed by atoms with Crippen LogP contribution in [0.25, 0.3) is 6.08 Å². The van der Waals surface area contributed by atoms with E-state index in [-0.39, 0.29) is 46.4 Å². The minimum atomic E-state index is -4.04. The molecule has 1 aromatic heterocycles. The molecular weight excluding hydrogens is 543 g/mol. The Morgan fingerprint density at radius 2 is 1.57 bits per heavy atom. The molecule has 3 aromatic rings. The number of rotatable bonds is 7. The van der Waals surface area contributed by atoms with Gasteiger partial charge in [-0.2, -0.15) is 0 Å². The van der Waals surface area contributed by atoms with E-state index in [1.807, 2.05) is 12.1 Å². The monoisotopic (exact) mass is 564 g/mol. The Hall–Kier alpha value is -3.83. The quantitative estimate of drug-likeness (QED) is 0.154. The van der Waals surface area contributed by atoms with E-state index in [9.17, 15) is 27.9 Å². The number of fused-ring (bicyclic) bond motifs is 1. The molecule has 0 saturated carbocycles. The van der Waals surface area contributed by atoms with E-state index in [1.54, 1.807) is 66.7 Å². The minimum Gasteiger partial charge on any atom is -0.545 e. The fraction of sp³-hybridized carbons (Fsp3) is 0.103. The van der Waals surface area contributed by atoms with Crippen LogP contribution in [-0.4, -0.2) is 47.3 Å². The van der Waals surface area contributed by atoms with Gasteiger partial charge >= 0.3 is 35.5 Å². The molecule has 9 nitrogen and oxygen atoms in total. The molecule has 1 saturated heterocycles. The summed E-state index contributed by atoms with van der Waals surface area (Å²) < 4.78 is 32.4. The second-order valence-corrected chi connectivity index (χ2v) is 10.9. The molecule has 0 bridgehead atoms. The molecule has 11 heteroatoms. The van der Waals surface area contributed by atoms with E-state index >= 15 is 0 Å². The van der Waals surface area contributed by atoms with Crippen LogP contribution < -0.4 is 34.7 Å².